The number of hydrogen-bond acceptors (Lipinski definition) is 0. The molecule has 1 rings (SSSR count). The molecule has 0 saturated heterocycles. The van der Waals surface area contributed by atoms with E-state index in [0.717, 1.165) is 6.42 Å². The van der Waals surface area contributed by atoms with Crippen LogP contribution in [0.15, 0.2) is 59.3 Å². The van der Waals surface area contributed by atoms with Crippen LogP contribution in [0.1, 0.15) is 27.2 Å². The van der Waals surface area contributed by atoms with Crippen molar-refractivity contribution in [1.82, 2.24) is 0 Å². The lowest BCUT2D eigenvalue weighted by Crippen LogP contribution is -1.88. The second-order valence-corrected chi connectivity index (χ2v) is 3.70. The zero-order chi connectivity index (χ0) is 10.6. The van der Waals surface area contributed by atoms with E-state index in [1.165, 1.54) is 22.3 Å². The first-order valence-corrected chi connectivity index (χ1v) is 5.00. The normalized spacial score (nSPS) is 17.9. The second kappa shape index (κ2) is 4.80. The van der Waals surface area contributed by atoms with E-state index >= 15 is 0 Å². The smallest absolute Gasteiger partial charge is 0.0129 e. The van der Waals surface area contributed by atoms with Gasteiger partial charge in [0.25, 0.3) is 0 Å². The Labute approximate surface area is 87.0 Å². The Morgan fingerprint density at radius 2 is 2.00 bits per heavy atom. The third-order valence-electron chi connectivity index (χ3n) is 2.65. The van der Waals surface area contributed by atoms with Gasteiger partial charge in [0.1, 0.15) is 0 Å². The molecule has 14 heavy (non-hydrogen) atoms. The summed E-state index contributed by atoms with van der Waals surface area (Å²) < 4.78 is 0. The van der Waals surface area contributed by atoms with Gasteiger partial charge in [-0.2, -0.15) is 0 Å². The molecule has 0 fully saturated rings. The second-order valence-electron chi connectivity index (χ2n) is 3.70. The van der Waals surface area contributed by atoms with E-state index in [0.29, 0.717) is 0 Å². The summed E-state index contributed by atoms with van der Waals surface area (Å²) in [6.07, 6.45) is 11.4. The minimum atomic E-state index is 1.05. The van der Waals surface area contributed by atoms with Crippen LogP contribution in [0.5, 0.6) is 0 Å². The molecule has 0 N–H and O–H groups in total. The molecule has 0 aromatic heterocycles. The molecule has 0 saturated carbocycles. The van der Waals surface area contributed by atoms with Gasteiger partial charge in [-0.15, -0.1) is 0 Å². The van der Waals surface area contributed by atoms with Crippen molar-refractivity contribution in [2.24, 2.45) is 0 Å². The molecule has 0 bridgehead atoms. The third-order valence-corrected chi connectivity index (χ3v) is 2.65. The average molecular weight is 186 g/mol. The third kappa shape index (κ3) is 2.35. The maximum atomic E-state index is 3.70. The van der Waals surface area contributed by atoms with Gasteiger partial charge in [0.15, 0.2) is 0 Å². The summed E-state index contributed by atoms with van der Waals surface area (Å²) in [6, 6.07) is 0. The number of allylic oxidation sites excluding steroid dienone is 9. The van der Waals surface area contributed by atoms with Crippen molar-refractivity contribution in [3.8, 4) is 0 Å². The molecule has 0 aliphatic heterocycles. The highest BCUT2D eigenvalue weighted by Crippen LogP contribution is 2.25. The summed E-state index contributed by atoms with van der Waals surface area (Å²) in [5.41, 5.74) is 5.50. The van der Waals surface area contributed by atoms with E-state index in [2.05, 4.69) is 45.6 Å². The van der Waals surface area contributed by atoms with Crippen molar-refractivity contribution in [3.05, 3.63) is 59.3 Å². The fourth-order valence-corrected chi connectivity index (χ4v) is 1.61. The van der Waals surface area contributed by atoms with Gasteiger partial charge >= 0.3 is 0 Å². The van der Waals surface area contributed by atoms with E-state index < -0.39 is 0 Å². The molecule has 1 aliphatic rings. The first-order chi connectivity index (χ1) is 6.66. The predicted octanol–water partition coefficient (Wildman–Crippen LogP) is 4.34. The molecule has 0 amide bonds. The van der Waals surface area contributed by atoms with Gasteiger partial charge in [-0.05, 0) is 43.9 Å². The summed E-state index contributed by atoms with van der Waals surface area (Å²) in [6.45, 7) is 10.2. The van der Waals surface area contributed by atoms with Gasteiger partial charge in [0, 0.05) is 0 Å². The van der Waals surface area contributed by atoms with Gasteiger partial charge in [-0.25, -0.2) is 0 Å². The van der Waals surface area contributed by atoms with Crippen LogP contribution >= 0.6 is 0 Å². The zero-order valence-corrected chi connectivity index (χ0v) is 9.30. The Hall–Kier alpha value is -1.30. The minimum absolute atomic E-state index is 1.05. The first kappa shape index (κ1) is 10.8. The van der Waals surface area contributed by atoms with E-state index in [1.54, 1.807) is 0 Å². The van der Waals surface area contributed by atoms with E-state index in [4.69, 9.17) is 0 Å². The SMILES string of the molecule is C=C/C=C\C1=C(C)CC=CC(C)=C1C. The maximum absolute atomic E-state index is 3.70. The molecule has 0 atom stereocenters. The van der Waals surface area contributed by atoms with Crippen LogP contribution in [-0.4, -0.2) is 0 Å². The lowest BCUT2D eigenvalue weighted by atomic mass is 9.98. The van der Waals surface area contributed by atoms with Crippen molar-refractivity contribution in [3.63, 3.8) is 0 Å². The summed E-state index contributed by atoms with van der Waals surface area (Å²) in [5.74, 6) is 0. The molecule has 0 aromatic rings. The molecule has 0 unspecified atom stereocenters. The summed E-state index contributed by atoms with van der Waals surface area (Å²) >= 11 is 0. The summed E-state index contributed by atoms with van der Waals surface area (Å²) in [7, 11) is 0. The molecule has 0 aromatic carbocycles. The van der Waals surface area contributed by atoms with Gasteiger partial charge in [-0.1, -0.05) is 42.5 Å². The zero-order valence-electron chi connectivity index (χ0n) is 9.30. The lowest BCUT2D eigenvalue weighted by Gasteiger charge is -2.07. The molecule has 0 nitrogen and oxygen atoms in total. The quantitative estimate of drug-likeness (QED) is 0.563. The van der Waals surface area contributed by atoms with Gasteiger partial charge in [-0.3, -0.25) is 0 Å². The van der Waals surface area contributed by atoms with Crippen LogP contribution in [0.25, 0.3) is 0 Å². The predicted molar refractivity (Wildman–Crippen MR) is 64.2 cm³/mol. The highest BCUT2D eigenvalue weighted by atomic mass is 14.1. The van der Waals surface area contributed by atoms with Crippen molar-refractivity contribution in [2.75, 3.05) is 0 Å². The minimum Gasteiger partial charge on any atom is -0.0991 e. The molecule has 74 valence electrons. The van der Waals surface area contributed by atoms with Crippen LogP contribution < -0.4 is 0 Å². The maximum Gasteiger partial charge on any atom is -0.0129 e. The van der Waals surface area contributed by atoms with Crippen LogP contribution in [0.2, 0.25) is 0 Å². The van der Waals surface area contributed by atoms with Crippen molar-refractivity contribution < 1.29 is 0 Å². The number of hydrogen-bond donors (Lipinski definition) is 0. The summed E-state index contributed by atoms with van der Waals surface area (Å²) in [4.78, 5) is 0. The Bertz CT molecular complexity index is 346. The Kier molecular flexibility index (Phi) is 3.70. The highest BCUT2D eigenvalue weighted by Gasteiger charge is 2.05. The van der Waals surface area contributed by atoms with Crippen LogP contribution in [0.3, 0.4) is 0 Å². The van der Waals surface area contributed by atoms with Crippen molar-refractivity contribution >= 4 is 0 Å². The fraction of sp³-hybridized carbons (Fsp3) is 0.286. The Morgan fingerprint density at radius 1 is 1.29 bits per heavy atom. The van der Waals surface area contributed by atoms with E-state index in [1.807, 2.05) is 12.2 Å². The molecule has 0 spiro atoms. The molecular weight excluding hydrogens is 168 g/mol. The van der Waals surface area contributed by atoms with Crippen LogP contribution in [0, 0.1) is 0 Å². The van der Waals surface area contributed by atoms with Crippen LogP contribution in [-0.2, 0) is 0 Å². The van der Waals surface area contributed by atoms with Gasteiger partial charge < -0.3 is 0 Å². The van der Waals surface area contributed by atoms with Crippen molar-refractivity contribution in [1.29, 1.82) is 0 Å². The molecule has 1 aliphatic carbocycles. The standard InChI is InChI=1S/C14H18/c1-5-6-10-14-12(3)9-7-8-11(2)13(14)4/h5-8,10H,1,9H2,2-4H3/b10-6-. The fourth-order valence-electron chi connectivity index (χ4n) is 1.61. The Balaban J connectivity index is 3.16. The summed E-state index contributed by atoms with van der Waals surface area (Å²) in [5, 5.41) is 0. The molecular formula is C14H18. The molecule has 0 heteroatoms. The average Bonchev–Trinajstić information content (AvgIpc) is 2.27. The van der Waals surface area contributed by atoms with E-state index in [9.17, 15) is 0 Å². The highest BCUT2D eigenvalue weighted by molar-refractivity contribution is 5.49. The Morgan fingerprint density at radius 3 is 2.64 bits per heavy atom. The molecule has 0 heterocycles. The van der Waals surface area contributed by atoms with Gasteiger partial charge in [0.05, 0.1) is 0 Å². The van der Waals surface area contributed by atoms with Crippen molar-refractivity contribution in [2.45, 2.75) is 27.2 Å². The number of rotatable bonds is 2. The monoisotopic (exact) mass is 186 g/mol. The van der Waals surface area contributed by atoms with Crippen LogP contribution in [0.4, 0.5) is 0 Å². The van der Waals surface area contributed by atoms with E-state index in [-0.39, 0.29) is 0 Å². The lowest BCUT2D eigenvalue weighted by molar-refractivity contribution is 1.18. The molecule has 0 radical (unpaired) electrons. The largest absolute Gasteiger partial charge is 0.0991 e. The topological polar surface area (TPSA) is 0 Å². The van der Waals surface area contributed by atoms with Gasteiger partial charge in [0.2, 0.25) is 0 Å². The first-order valence-electron chi connectivity index (χ1n) is 5.00.